The fourth-order valence-corrected chi connectivity index (χ4v) is 2.73. The van der Waals surface area contributed by atoms with Crippen molar-refractivity contribution in [2.75, 3.05) is 0 Å². The Morgan fingerprint density at radius 3 is 2.88 bits per heavy atom. The SMILES string of the molecule is CCc1ccc2c(c1)CCC2(C)CC(=O)O. The van der Waals surface area contributed by atoms with Gasteiger partial charge in [0.2, 0.25) is 0 Å². The van der Waals surface area contributed by atoms with E-state index < -0.39 is 5.97 Å². The highest BCUT2D eigenvalue weighted by Crippen LogP contribution is 2.41. The second kappa shape index (κ2) is 3.93. The Balaban J connectivity index is 2.36. The molecule has 2 heteroatoms. The summed E-state index contributed by atoms with van der Waals surface area (Å²) >= 11 is 0. The average Bonchev–Trinajstić information content (AvgIpc) is 2.55. The molecule has 16 heavy (non-hydrogen) atoms. The first-order valence-electron chi connectivity index (χ1n) is 5.89. The highest BCUT2D eigenvalue weighted by atomic mass is 16.4. The molecule has 0 aromatic heterocycles. The number of aryl methyl sites for hydroxylation is 2. The van der Waals surface area contributed by atoms with E-state index >= 15 is 0 Å². The Kier molecular flexibility index (Phi) is 2.75. The minimum Gasteiger partial charge on any atom is -0.481 e. The molecule has 0 spiro atoms. The molecule has 0 bridgehead atoms. The number of hydrogen-bond donors (Lipinski definition) is 1. The van der Waals surface area contributed by atoms with E-state index in [-0.39, 0.29) is 11.8 Å². The molecule has 0 heterocycles. The zero-order chi connectivity index (χ0) is 11.8. The monoisotopic (exact) mass is 218 g/mol. The van der Waals surface area contributed by atoms with E-state index in [4.69, 9.17) is 5.11 Å². The molecule has 1 unspecified atom stereocenters. The van der Waals surface area contributed by atoms with Gasteiger partial charge < -0.3 is 5.11 Å². The van der Waals surface area contributed by atoms with Gasteiger partial charge in [-0.15, -0.1) is 0 Å². The minimum atomic E-state index is -0.699. The molecule has 0 saturated heterocycles. The number of rotatable bonds is 3. The topological polar surface area (TPSA) is 37.3 Å². The van der Waals surface area contributed by atoms with Crippen molar-refractivity contribution in [3.63, 3.8) is 0 Å². The van der Waals surface area contributed by atoms with Crippen LogP contribution >= 0.6 is 0 Å². The first-order chi connectivity index (χ1) is 7.55. The number of aliphatic carboxylic acids is 1. The zero-order valence-corrected chi connectivity index (χ0v) is 9.92. The number of hydrogen-bond acceptors (Lipinski definition) is 1. The van der Waals surface area contributed by atoms with Crippen molar-refractivity contribution in [2.45, 2.75) is 44.9 Å². The van der Waals surface area contributed by atoms with Crippen molar-refractivity contribution < 1.29 is 9.90 Å². The van der Waals surface area contributed by atoms with Crippen LogP contribution in [0, 0.1) is 0 Å². The van der Waals surface area contributed by atoms with Gasteiger partial charge >= 0.3 is 5.97 Å². The van der Waals surface area contributed by atoms with E-state index in [2.05, 4.69) is 32.0 Å². The fraction of sp³-hybridized carbons (Fsp3) is 0.500. The summed E-state index contributed by atoms with van der Waals surface area (Å²) in [6.07, 6.45) is 3.27. The summed E-state index contributed by atoms with van der Waals surface area (Å²) in [6, 6.07) is 6.50. The second-order valence-corrected chi connectivity index (χ2v) is 4.98. The standard InChI is InChI=1S/C14H18O2/c1-3-10-4-5-12-11(8-10)6-7-14(12,2)9-13(15)16/h4-5,8H,3,6-7,9H2,1-2H3,(H,15,16). The molecule has 0 saturated carbocycles. The Morgan fingerprint density at radius 1 is 1.50 bits per heavy atom. The normalized spacial score (nSPS) is 23.1. The molecule has 0 radical (unpaired) electrons. The maximum absolute atomic E-state index is 10.9. The summed E-state index contributed by atoms with van der Waals surface area (Å²) < 4.78 is 0. The summed E-state index contributed by atoms with van der Waals surface area (Å²) in [7, 11) is 0. The first-order valence-corrected chi connectivity index (χ1v) is 5.89. The third-order valence-electron chi connectivity index (χ3n) is 3.72. The van der Waals surface area contributed by atoms with Crippen molar-refractivity contribution in [1.82, 2.24) is 0 Å². The zero-order valence-electron chi connectivity index (χ0n) is 9.92. The van der Waals surface area contributed by atoms with Gasteiger partial charge in [0.15, 0.2) is 0 Å². The van der Waals surface area contributed by atoms with Crippen LogP contribution in [-0.4, -0.2) is 11.1 Å². The predicted molar refractivity (Wildman–Crippen MR) is 63.7 cm³/mol. The van der Waals surface area contributed by atoms with Crippen LogP contribution in [0.2, 0.25) is 0 Å². The number of carboxylic acids is 1. The third kappa shape index (κ3) is 1.84. The highest BCUT2D eigenvalue weighted by Gasteiger charge is 2.36. The lowest BCUT2D eigenvalue weighted by atomic mass is 9.81. The van der Waals surface area contributed by atoms with Crippen molar-refractivity contribution in [2.24, 2.45) is 0 Å². The summed E-state index contributed by atoms with van der Waals surface area (Å²) in [5, 5.41) is 8.97. The van der Waals surface area contributed by atoms with E-state index in [0.29, 0.717) is 0 Å². The van der Waals surface area contributed by atoms with E-state index in [0.717, 1.165) is 19.3 Å². The van der Waals surface area contributed by atoms with Crippen LogP contribution in [-0.2, 0) is 23.1 Å². The van der Waals surface area contributed by atoms with Crippen LogP contribution in [0.5, 0.6) is 0 Å². The Bertz CT molecular complexity index is 423. The summed E-state index contributed by atoms with van der Waals surface area (Å²) in [6.45, 7) is 4.21. The summed E-state index contributed by atoms with van der Waals surface area (Å²) in [4.78, 5) is 10.9. The molecule has 2 nitrogen and oxygen atoms in total. The lowest BCUT2D eigenvalue weighted by Gasteiger charge is -2.23. The van der Waals surface area contributed by atoms with Crippen molar-refractivity contribution >= 4 is 5.97 Å². The smallest absolute Gasteiger partial charge is 0.304 e. The van der Waals surface area contributed by atoms with Crippen LogP contribution < -0.4 is 0 Å². The average molecular weight is 218 g/mol. The van der Waals surface area contributed by atoms with E-state index in [1.807, 2.05) is 0 Å². The molecule has 0 aliphatic heterocycles. The van der Waals surface area contributed by atoms with Gasteiger partial charge in [-0.2, -0.15) is 0 Å². The molecule has 1 N–H and O–H groups in total. The lowest BCUT2D eigenvalue weighted by molar-refractivity contribution is -0.138. The van der Waals surface area contributed by atoms with Crippen LogP contribution in [0.3, 0.4) is 0 Å². The van der Waals surface area contributed by atoms with E-state index in [1.165, 1.54) is 16.7 Å². The van der Waals surface area contributed by atoms with Gasteiger partial charge in [-0.3, -0.25) is 4.79 Å². The van der Waals surface area contributed by atoms with E-state index in [1.54, 1.807) is 0 Å². The molecule has 1 atom stereocenters. The molecule has 0 amide bonds. The largest absolute Gasteiger partial charge is 0.481 e. The van der Waals surface area contributed by atoms with Gasteiger partial charge in [0.05, 0.1) is 6.42 Å². The second-order valence-electron chi connectivity index (χ2n) is 4.98. The maximum Gasteiger partial charge on any atom is 0.304 e. The van der Waals surface area contributed by atoms with Gasteiger partial charge in [-0.25, -0.2) is 0 Å². The van der Waals surface area contributed by atoms with Crippen LogP contribution in [0.15, 0.2) is 18.2 Å². The Morgan fingerprint density at radius 2 is 2.25 bits per heavy atom. The predicted octanol–water partition coefficient (Wildman–Crippen LogP) is 2.93. The van der Waals surface area contributed by atoms with Crippen LogP contribution in [0.4, 0.5) is 0 Å². The molecule has 86 valence electrons. The Hall–Kier alpha value is -1.31. The van der Waals surface area contributed by atoms with Gasteiger partial charge in [0, 0.05) is 5.41 Å². The molecular formula is C14H18O2. The first kappa shape index (κ1) is 11.2. The van der Waals surface area contributed by atoms with Crippen LogP contribution in [0.1, 0.15) is 43.4 Å². The van der Waals surface area contributed by atoms with Gasteiger partial charge in [-0.05, 0) is 36.0 Å². The molecule has 1 aromatic carbocycles. The molecule has 1 aliphatic rings. The number of carbonyl (C=O) groups is 1. The van der Waals surface area contributed by atoms with Crippen molar-refractivity contribution in [1.29, 1.82) is 0 Å². The highest BCUT2D eigenvalue weighted by molar-refractivity contribution is 5.69. The Labute approximate surface area is 96.3 Å². The summed E-state index contributed by atoms with van der Waals surface area (Å²) in [5.74, 6) is -0.699. The van der Waals surface area contributed by atoms with Crippen molar-refractivity contribution in [3.05, 3.63) is 34.9 Å². The molecule has 0 fully saturated rings. The fourth-order valence-electron chi connectivity index (χ4n) is 2.73. The van der Waals surface area contributed by atoms with Crippen molar-refractivity contribution in [3.8, 4) is 0 Å². The minimum absolute atomic E-state index is 0.159. The number of fused-ring (bicyclic) bond motifs is 1. The molecule has 2 rings (SSSR count). The molecule has 1 aliphatic carbocycles. The third-order valence-corrected chi connectivity index (χ3v) is 3.72. The molecule has 1 aromatic rings. The lowest BCUT2D eigenvalue weighted by Crippen LogP contribution is -2.22. The molecular weight excluding hydrogens is 200 g/mol. The summed E-state index contributed by atoms with van der Waals surface area (Å²) in [5.41, 5.74) is 3.78. The van der Waals surface area contributed by atoms with Crippen LogP contribution in [0.25, 0.3) is 0 Å². The van der Waals surface area contributed by atoms with E-state index in [9.17, 15) is 4.79 Å². The number of carboxylic acid groups (broad SMARTS) is 1. The van der Waals surface area contributed by atoms with Gasteiger partial charge in [0.25, 0.3) is 0 Å². The number of benzene rings is 1. The van der Waals surface area contributed by atoms with Gasteiger partial charge in [-0.1, -0.05) is 32.0 Å². The van der Waals surface area contributed by atoms with Gasteiger partial charge in [0.1, 0.15) is 0 Å². The quantitative estimate of drug-likeness (QED) is 0.847. The maximum atomic E-state index is 10.9.